The molecule has 0 aliphatic carbocycles. The minimum atomic E-state index is -0.433. The lowest BCUT2D eigenvalue weighted by molar-refractivity contribution is 0.0299. The molecular weight excluding hydrogens is 305 g/mol. The van der Waals surface area contributed by atoms with Crippen LogP contribution in [0.2, 0.25) is 5.15 Å². The molecule has 17 heavy (non-hydrogen) atoms. The van der Waals surface area contributed by atoms with E-state index in [1.165, 1.54) is 6.20 Å². The Kier molecular flexibility index (Phi) is 5.40. The highest BCUT2D eigenvalue weighted by Crippen LogP contribution is 2.20. The van der Waals surface area contributed by atoms with Gasteiger partial charge in [0.1, 0.15) is 5.15 Å². The Hall–Kier alpha value is -0.610. The van der Waals surface area contributed by atoms with E-state index in [-0.39, 0.29) is 16.8 Å². The zero-order chi connectivity index (χ0) is 13.0. The summed E-state index contributed by atoms with van der Waals surface area (Å²) in [5, 5.41) is 0.162. The fourth-order valence-electron chi connectivity index (χ4n) is 1.52. The Labute approximate surface area is 115 Å². The first kappa shape index (κ1) is 14.5. The molecule has 0 saturated heterocycles. The summed E-state index contributed by atoms with van der Waals surface area (Å²) in [6.45, 7) is 6.03. The van der Waals surface area contributed by atoms with Crippen LogP contribution in [0.15, 0.2) is 16.7 Å². The zero-order valence-electron chi connectivity index (χ0n) is 10.0. The molecule has 3 nitrogen and oxygen atoms in total. The standard InChI is InChI=1S/C12H15BrClNO2/c1-7(2)4-8(3)17-12(16)10-5-9(13)6-15-11(10)14/h5-8H,4H2,1-3H3. The maximum absolute atomic E-state index is 11.8. The average molecular weight is 321 g/mol. The highest BCUT2D eigenvalue weighted by atomic mass is 79.9. The van der Waals surface area contributed by atoms with Gasteiger partial charge in [0.2, 0.25) is 0 Å². The van der Waals surface area contributed by atoms with Gasteiger partial charge in [-0.2, -0.15) is 0 Å². The third kappa shape index (κ3) is 4.64. The van der Waals surface area contributed by atoms with E-state index in [2.05, 4.69) is 34.8 Å². The Morgan fingerprint density at radius 1 is 1.53 bits per heavy atom. The van der Waals surface area contributed by atoms with E-state index in [1.807, 2.05) is 6.92 Å². The molecule has 1 heterocycles. The third-order valence-electron chi connectivity index (χ3n) is 2.14. The van der Waals surface area contributed by atoms with Crippen LogP contribution in [0.4, 0.5) is 0 Å². The molecule has 0 bridgehead atoms. The fourth-order valence-corrected chi connectivity index (χ4v) is 2.04. The lowest BCUT2D eigenvalue weighted by atomic mass is 10.1. The number of aromatic nitrogens is 1. The van der Waals surface area contributed by atoms with E-state index in [0.29, 0.717) is 10.4 Å². The van der Waals surface area contributed by atoms with Crippen LogP contribution in [0.3, 0.4) is 0 Å². The lowest BCUT2D eigenvalue weighted by Crippen LogP contribution is -2.17. The van der Waals surface area contributed by atoms with Gasteiger partial charge in [-0.15, -0.1) is 0 Å². The molecule has 0 aliphatic heterocycles. The molecule has 0 saturated carbocycles. The van der Waals surface area contributed by atoms with E-state index in [4.69, 9.17) is 16.3 Å². The third-order valence-corrected chi connectivity index (χ3v) is 2.87. The molecule has 1 aromatic rings. The van der Waals surface area contributed by atoms with Crippen molar-refractivity contribution in [3.05, 3.63) is 27.5 Å². The zero-order valence-corrected chi connectivity index (χ0v) is 12.4. The van der Waals surface area contributed by atoms with Crippen LogP contribution in [0, 0.1) is 5.92 Å². The van der Waals surface area contributed by atoms with Crippen molar-refractivity contribution in [3.8, 4) is 0 Å². The van der Waals surface area contributed by atoms with E-state index < -0.39 is 5.97 Å². The number of carbonyl (C=O) groups is 1. The molecule has 1 unspecified atom stereocenters. The van der Waals surface area contributed by atoms with Gasteiger partial charge >= 0.3 is 5.97 Å². The second-order valence-electron chi connectivity index (χ2n) is 4.34. The van der Waals surface area contributed by atoms with Crippen LogP contribution in [-0.2, 0) is 4.74 Å². The Bertz CT molecular complexity index is 409. The van der Waals surface area contributed by atoms with Crippen LogP contribution >= 0.6 is 27.5 Å². The monoisotopic (exact) mass is 319 g/mol. The predicted molar refractivity (Wildman–Crippen MR) is 71.3 cm³/mol. The number of ether oxygens (including phenoxy) is 1. The van der Waals surface area contributed by atoms with Gasteiger partial charge < -0.3 is 4.74 Å². The number of rotatable bonds is 4. The molecule has 0 fully saturated rings. The van der Waals surface area contributed by atoms with Crippen molar-refractivity contribution in [1.29, 1.82) is 0 Å². The van der Waals surface area contributed by atoms with Crippen molar-refractivity contribution in [2.24, 2.45) is 5.92 Å². The summed E-state index contributed by atoms with van der Waals surface area (Å²) in [5.41, 5.74) is 0.289. The number of hydrogen-bond donors (Lipinski definition) is 0. The number of pyridine rings is 1. The van der Waals surface area contributed by atoms with E-state index in [9.17, 15) is 4.79 Å². The second kappa shape index (κ2) is 6.36. The summed E-state index contributed by atoms with van der Waals surface area (Å²) in [4.78, 5) is 15.7. The van der Waals surface area contributed by atoms with Crippen LogP contribution in [0.25, 0.3) is 0 Å². The van der Waals surface area contributed by atoms with Crippen LogP contribution in [-0.4, -0.2) is 17.1 Å². The number of hydrogen-bond acceptors (Lipinski definition) is 3. The van der Waals surface area contributed by atoms with Gasteiger partial charge in [0.15, 0.2) is 0 Å². The summed E-state index contributed by atoms with van der Waals surface area (Å²) >= 11 is 9.09. The highest BCUT2D eigenvalue weighted by Gasteiger charge is 2.17. The maximum atomic E-state index is 11.8. The molecule has 0 aliphatic rings. The lowest BCUT2D eigenvalue weighted by Gasteiger charge is -2.15. The molecule has 1 aromatic heterocycles. The van der Waals surface area contributed by atoms with Gasteiger partial charge in [0.05, 0.1) is 11.7 Å². The first-order valence-electron chi connectivity index (χ1n) is 5.42. The number of esters is 1. The molecule has 0 spiro atoms. The molecule has 0 N–H and O–H groups in total. The average Bonchev–Trinajstić information content (AvgIpc) is 2.20. The number of halogens is 2. The quantitative estimate of drug-likeness (QED) is 0.619. The second-order valence-corrected chi connectivity index (χ2v) is 5.61. The predicted octanol–water partition coefficient (Wildman–Crippen LogP) is 4.09. The number of nitrogens with zero attached hydrogens (tertiary/aromatic N) is 1. The summed E-state index contributed by atoms with van der Waals surface area (Å²) in [6, 6.07) is 1.61. The highest BCUT2D eigenvalue weighted by molar-refractivity contribution is 9.10. The summed E-state index contributed by atoms with van der Waals surface area (Å²) in [7, 11) is 0. The van der Waals surface area contributed by atoms with Crippen molar-refractivity contribution in [1.82, 2.24) is 4.98 Å². The molecule has 0 amide bonds. The Morgan fingerprint density at radius 3 is 2.76 bits per heavy atom. The van der Waals surface area contributed by atoms with E-state index in [1.54, 1.807) is 6.07 Å². The fraction of sp³-hybridized carbons (Fsp3) is 0.500. The summed E-state index contributed by atoms with van der Waals surface area (Å²) in [5.74, 6) is 0.0471. The SMILES string of the molecule is CC(C)CC(C)OC(=O)c1cc(Br)cnc1Cl. The largest absolute Gasteiger partial charge is 0.459 e. The molecule has 1 atom stereocenters. The van der Waals surface area contributed by atoms with Gasteiger partial charge in [-0.05, 0) is 41.3 Å². The number of carbonyl (C=O) groups excluding carboxylic acids is 1. The van der Waals surface area contributed by atoms with Crippen LogP contribution in [0.5, 0.6) is 0 Å². The minimum Gasteiger partial charge on any atom is -0.459 e. The first-order valence-corrected chi connectivity index (χ1v) is 6.59. The molecule has 1 rings (SSSR count). The smallest absolute Gasteiger partial charge is 0.341 e. The first-order chi connectivity index (χ1) is 7.90. The van der Waals surface area contributed by atoms with Crippen LogP contribution < -0.4 is 0 Å². The van der Waals surface area contributed by atoms with Crippen molar-refractivity contribution in [3.63, 3.8) is 0 Å². The summed E-state index contributed by atoms with van der Waals surface area (Å²) in [6.07, 6.45) is 2.24. The maximum Gasteiger partial charge on any atom is 0.341 e. The molecular formula is C12H15BrClNO2. The van der Waals surface area contributed by atoms with Crippen molar-refractivity contribution in [2.75, 3.05) is 0 Å². The van der Waals surface area contributed by atoms with E-state index in [0.717, 1.165) is 6.42 Å². The van der Waals surface area contributed by atoms with Gasteiger partial charge in [-0.25, -0.2) is 9.78 Å². The van der Waals surface area contributed by atoms with Crippen molar-refractivity contribution < 1.29 is 9.53 Å². The van der Waals surface area contributed by atoms with Gasteiger partial charge in [-0.3, -0.25) is 0 Å². The van der Waals surface area contributed by atoms with E-state index >= 15 is 0 Å². The van der Waals surface area contributed by atoms with Crippen molar-refractivity contribution in [2.45, 2.75) is 33.3 Å². The topological polar surface area (TPSA) is 39.2 Å². The van der Waals surface area contributed by atoms with Gasteiger partial charge in [0.25, 0.3) is 0 Å². The summed E-state index contributed by atoms with van der Waals surface area (Å²) < 4.78 is 6.00. The molecule has 0 radical (unpaired) electrons. The van der Waals surface area contributed by atoms with Crippen molar-refractivity contribution >= 4 is 33.5 Å². The van der Waals surface area contributed by atoms with Gasteiger partial charge in [-0.1, -0.05) is 25.4 Å². The Morgan fingerprint density at radius 2 is 2.18 bits per heavy atom. The van der Waals surface area contributed by atoms with Crippen LogP contribution in [0.1, 0.15) is 37.6 Å². The normalized spacial score (nSPS) is 12.6. The molecule has 5 heteroatoms. The molecule has 94 valence electrons. The minimum absolute atomic E-state index is 0.127. The molecule has 0 aromatic carbocycles. The Balaban J connectivity index is 2.73. The van der Waals surface area contributed by atoms with Gasteiger partial charge in [0, 0.05) is 10.7 Å².